The number of carboxylic acid groups (broad SMARTS) is 1. The van der Waals surface area contributed by atoms with Crippen LogP contribution in [0.5, 0.6) is 0 Å². The van der Waals surface area contributed by atoms with E-state index in [-0.39, 0.29) is 0 Å². The maximum Gasteiger partial charge on any atom is 0.344 e. The smallest absolute Gasteiger partial charge is 0.344 e. The average Bonchev–Trinajstić information content (AvgIpc) is 2.19. The number of hydrogen-bond acceptors (Lipinski definition) is 3. The zero-order valence-corrected chi connectivity index (χ0v) is 9.05. The second-order valence-electron chi connectivity index (χ2n) is 3.41. The highest BCUT2D eigenvalue weighted by atomic mass is 32.1. The summed E-state index contributed by atoms with van der Waals surface area (Å²) in [5, 5.41) is 8.95. The van der Waals surface area contributed by atoms with Crippen molar-refractivity contribution in [3.05, 3.63) is 0 Å². The molecule has 5 heteroatoms. The number of rotatable bonds is 2. The molecule has 0 aromatic heterocycles. The molecule has 14 heavy (non-hydrogen) atoms. The van der Waals surface area contributed by atoms with E-state index in [4.69, 9.17) is 22.1 Å². The molecule has 1 heterocycles. The summed E-state index contributed by atoms with van der Waals surface area (Å²) in [5.41, 5.74) is 0. The van der Waals surface area contributed by atoms with Crippen LogP contribution in [0.25, 0.3) is 0 Å². The maximum atomic E-state index is 10.5. The highest BCUT2D eigenvalue weighted by Gasteiger charge is 2.19. The fourth-order valence-electron chi connectivity index (χ4n) is 1.35. The van der Waals surface area contributed by atoms with Crippen molar-refractivity contribution in [2.75, 3.05) is 13.1 Å². The summed E-state index contributed by atoms with van der Waals surface area (Å²) < 4.78 is 5.11. The van der Waals surface area contributed by atoms with Crippen molar-refractivity contribution < 1.29 is 14.6 Å². The Balaban J connectivity index is 2.36. The molecule has 1 atom stereocenters. The maximum absolute atomic E-state index is 10.5. The van der Waals surface area contributed by atoms with Crippen molar-refractivity contribution in [1.29, 1.82) is 0 Å². The molecule has 1 rings (SSSR count). The molecule has 0 aliphatic carbocycles. The third-order valence-electron chi connectivity index (χ3n) is 2.24. The molecule has 0 saturated carbocycles. The number of hydrogen-bond donors (Lipinski definition) is 1. The molecular formula is C9H15NO3S. The minimum atomic E-state index is -0.982. The Morgan fingerprint density at radius 2 is 2.00 bits per heavy atom. The standard InChI is InChI=1S/C9H15NO3S/c1-7(8(11)12)13-9(14)10-5-3-2-4-6-10/h7H,2-6H2,1H3,(H,11,12)/t7-/m0/s1. The molecule has 0 radical (unpaired) electrons. The molecule has 4 nitrogen and oxygen atoms in total. The number of aliphatic carboxylic acids is 1. The third kappa shape index (κ3) is 3.14. The molecule has 1 aliphatic heterocycles. The van der Waals surface area contributed by atoms with E-state index >= 15 is 0 Å². The van der Waals surface area contributed by atoms with Crippen LogP contribution in [0.1, 0.15) is 26.2 Å². The first-order valence-corrected chi connectivity index (χ1v) is 5.20. The van der Waals surface area contributed by atoms with Crippen LogP contribution in [0.15, 0.2) is 0 Å². The topological polar surface area (TPSA) is 49.8 Å². The molecular weight excluding hydrogens is 202 g/mol. The van der Waals surface area contributed by atoms with E-state index in [1.807, 2.05) is 4.90 Å². The summed E-state index contributed by atoms with van der Waals surface area (Å²) in [6, 6.07) is 0. The number of carboxylic acids is 1. The molecule has 80 valence electrons. The van der Waals surface area contributed by atoms with Gasteiger partial charge in [-0.1, -0.05) is 0 Å². The number of likely N-dealkylation sites (tertiary alicyclic amines) is 1. The van der Waals surface area contributed by atoms with Crippen molar-refractivity contribution in [3.8, 4) is 0 Å². The van der Waals surface area contributed by atoms with Crippen molar-refractivity contribution in [2.45, 2.75) is 32.3 Å². The van der Waals surface area contributed by atoms with E-state index in [0.29, 0.717) is 5.17 Å². The molecule has 0 spiro atoms. The Morgan fingerprint density at radius 3 is 2.50 bits per heavy atom. The summed E-state index contributed by atoms with van der Waals surface area (Å²) in [4.78, 5) is 12.4. The Morgan fingerprint density at radius 1 is 1.43 bits per heavy atom. The first-order valence-electron chi connectivity index (χ1n) is 4.79. The van der Waals surface area contributed by atoms with Crippen LogP contribution in [-0.4, -0.2) is 40.3 Å². The van der Waals surface area contributed by atoms with Gasteiger partial charge < -0.3 is 14.7 Å². The van der Waals surface area contributed by atoms with Gasteiger partial charge in [0.05, 0.1) is 0 Å². The van der Waals surface area contributed by atoms with E-state index in [1.54, 1.807) is 0 Å². The van der Waals surface area contributed by atoms with Crippen LogP contribution in [0, 0.1) is 0 Å². The number of thiocarbonyl (C=S) groups is 1. The van der Waals surface area contributed by atoms with Crippen LogP contribution >= 0.6 is 12.2 Å². The van der Waals surface area contributed by atoms with Gasteiger partial charge in [0.1, 0.15) is 0 Å². The molecule has 0 unspecified atom stereocenters. The van der Waals surface area contributed by atoms with Crippen molar-refractivity contribution in [3.63, 3.8) is 0 Å². The predicted molar refractivity (Wildman–Crippen MR) is 56.2 cm³/mol. The summed E-state index contributed by atoms with van der Waals surface area (Å²) in [7, 11) is 0. The Labute approximate surface area is 88.8 Å². The summed E-state index contributed by atoms with van der Waals surface area (Å²) in [6.45, 7) is 3.24. The van der Waals surface area contributed by atoms with Crippen LogP contribution in [0.2, 0.25) is 0 Å². The van der Waals surface area contributed by atoms with Gasteiger partial charge in [0.25, 0.3) is 5.17 Å². The largest absolute Gasteiger partial charge is 0.479 e. The molecule has 1 aliphatic rings. The fourth-order valence-corrected chi connectivity index (χ4v) is 1.68. The molecule has 1 fully saturated rings. The first kappa shape index (κ1) is 11.2. The number of piperidine rings is 1. The zero-order valence-electron chi connectivity index (χ0n) is 8.23. The van der Waals surface area contributed by atoms with Crippen molar-refractivity contribution in [1.82, 2.24) is 4.90 Å². The van der Waals surface area contributed by atoms with Gasteiger partial charge >= 0.3 is 5.97 Å². The molecule has 1 saturated heterocycles. The minimum absolute atomic E-state index is 0.319. The van der Waals surface area contributed by atoms with E-state index in [9.17, 15) is 4.79 Å². The summed E-state index contributed by atoms with van der Waals surface area (Å²) in [5.74, 6) is -0.982. The molecule has 0 bridgehead atoms. The molecule has 0 amide bonds. The summed E-state index contributed by atoms with van der Waals surface area (Å²) >= 11 is 5.01. The quantitative estimate of drug-likeness (QED) is 0.705. The Hall–Kier alpha value is -0.840. The average molecular weight is 217 g/mol. The normalized spacial score (nSPS) is 18.8. The highest BCUT2D eigenvalue weighted by Crippen LogP contribution is 2.10. The van der Waals surface area contributed by atoms with E-state index in [2.05, 4.69) is 0 Å². The van der Waals surface area contributed by atoms with Crippen LogP contribution in [-0.2, 0) is 9.53 Å². The van der Waals surface area contributed by atoms with Gasteiger partial charge in [0.15, 0.2) is 6.10 Å². The van der Waals surface area contributed by atoms with Gasteiger partial charge in [-0.3, -0.25) is 0 Å². The minimum Gasteiger partial charge on any atom is -0.479 e. The predicted octanol–water partition coefficient (Wildman–Crippen LogP) is 1.25. The lowest BCUT2D eigenvalue weighted by Crippen LogP contribution is -2.38. The second-order valence-corrected chi connectivity index (χ2v) is 3.76. The van der Waals surface area contributed by atoms with Gasteiger partial charge in [-0.25, -0.2) is 4.79 Å². The van der Waals surface area contributed by atoms with E-state index in [0.717, 1.165) is 25.9 Å². The number of ether oxygens (including phenoxy) is 1. The molecule has 0 aromatic rings. The number of carbonyl (C=O) groups is 1. The van der Waals surface area contributed by atoms with Gasteiger partial charge in [-0.05, 0) is 38.4 Å². The fraction of sp³-hybridized carbons (Fsp3) is 0.778. The van der Waals surface area contributed by atoms with E-state index in [1.165, 1.54) is 13.3 Å². The van der Waals surface area contributed by atoms with Crippen LogP contribution in [0.4, 0.5) is 0 Å². The Kier molecular flexibility index (Phi) is 4.13. The zero-order chi connectivity index (χ0) is 10.6. The Bertz CT molecular complexity index is 226. The van der Waals surface area contributed by atoms with Crippen LogP contribution < -0.4 is 0 Å². The molecule has 1 N–H and O–H groups in total. The molecule has 0 aromatic carbocycles. The highest BCUT2D eigenvalue weighted by molar-refractivity contribution is 7.80. The van der Waals surface area contributed by atoms with Crippen molar-refractivity contribution in [2.24, 2.45) is 0 Å². The third-order valence-corrected chi connectivity index (χ3v) is 2.59. The first-order chi connectivity index (χ1) is 6.61. The second kappa shape index (κ2) is 5.14. The van der Waals surface area contributed by atoms with E-state index < -0.39 is 12.1 Å². The lowest BCUT2D eigenvalue weighted by molar-refractivity contribution is -0.145. The van der Waals surface area contributed by atoms with Gasteiger partial charge in [-0.2, -0.15) is 0 Å². The number of nitrogens with zero attached hydrogens (tertiary/aromatic N) is 1. The lowest BCUT2D eigenvalue weighted by atomic mass is 10.1. The van der Waals surface area contributed by atoms with Gasteiger partial charge in [-0.15, -0.1) is 0 Å². The monoisotopic (exact) mass is 217 g/mol. The SMILES string of the molecule is C[C@H](OC(=S)N1CCCCC1)C(=O)O. The van der Waals surface area contributed by atoms with Crippen LogP contribution in [0.3, 0.4) is 0 Å². The van der Waals surface area contributed by atoms with Crippen molar-refractivity contribution >= 4 is 23.4 Å². The lowest BCUT2D eigenvalue weighted by Gasteiger charge is -2.29. The van der Waals surface area contributed by atoms with Gasteiger partial charge in [0, 0.05) is 13.1 Å². The summed E-state index contributed by atoms with van der Waals surface area (Å²) in [6.07, 6.45) is 2.56. The van der Waals surface area contributed by atoms with Gasteiger partial charge in [0.2, 0.25) is 0 Å².